The molecule has 2 atom stereocenters. The number of aliphatic hydroxyl groups excluding tert-OH is 1. The summed E-state index contributed by atoms with van der Waals surface area (Å²) in [6, 6.07) is 6.90. The minimum atomic E-state index is -1.21. The number of aliphatic hydroxyl groups is 1. The molecular weight excluding hydrogens is 466 g/mol. The Morgan fingerprint density at radius 1 is 1.14 bits per heavy atom. The number of aliphatic imine (C=N–C) groups is 1. The third kappa shape index (κ3) is 7.62. The first-order valence-electron chi connectivity index (χ1n) is 8.53. The summed E-state index contributed by atoms with van der Waals surface area (Å²) in [5.74, 6) is -2.43. The van der Waals surface area contributed by atoms with E-state index in [0.717, 1.165) is 4.47 Å². The van der Waals surface area contributed by atoms with Gasteiger partial charge in [-0.1, -0.05) is 28.1 Å². The van der Waals surface area contributed by atoms with Gasteiger partial charge in [0.25, 0.3) is 0 Å². The van der Waals surface area contributed by atoms with E-state index in [-0.39, 0.29) is 18.9 Å². The second-order valence-electron chi connectivity index (χ2n) is 5.33. The molecule has 6 nitrogen and oxygen atoms in total. The van der Waals surface area contributed by atoms with Crippen LogP contribution in [-0.2, 0) is 19.1 Å². The molecule has 0 fully saturated rings. The van der Waals surface area contributed by atoms with Gasteiger partial charge in [0.1, 0.15) is 16.0 Å². The lowest BCUT2D eigenvalue weighted by molar-refractivity contribution is -0.149. The van der Waals surface area contributed by atoms with Crippen molar-refractivity contribution in [3.05, 3.63) is 46.1 Å². The molecule has 0 aromatic heterocycles. The number of halogens is 1. The van der Waals surface area contributed by atoms with Crippen LogP contribution in [0, 0.1) is 5.92 Å². The van der Waals surface area contributed by atoms with Crippen molar-refractivity contribution in [2.75, 3.05) is 25.7 Å². The molecule has 0 saturated carbocycles. The van der Waals surface area contributed by atoms with E-state index in [1.165, 1.54) is 29.6 Å². The molecule has 0 aliphatic rings. The smallest absolute Gasteiger partial charge is 0.356 e. The van der Waals surface area contributed by atoms with Gasteiger partial charge in [-0.25, -0.2) is 9.79 Å². The van der Waals surface area contributed by atoms with Gasteiger partial charge in [0.15, 0.2) is 0 Å². The quantitative estimate of drug-likeness (QED) is 0.253. The lowest BCUT2D eigenvalue weighted by Crippen LogP contribution is -2.24. The van der Waals surface area contributed by atoms with Gasteiger partial charge in [0, 0.05) is 4.47 Å². The molecule has 1 aromatic rings. The van der Waals surface area contributed by atoms with E-state index in [2.05, 4.69) is 20.9 Å². The summed E-state index contributed by atoms with van der Waals surface area (Å²) in [6.07, 6.45) is 3.77. The number of carbonyl (C=O) groups is 2. The van der Waals surface area contributed by atoms with Crippen molar-refractivity contribution in [2.24, 2.45) is 10.9 Å². The molecule has 1 rings (SSSR count). The van der Waals surface area contributed by atoms with E-state index in [0.29, 0.717) is 9.94 Å². The SMILES string of the molecule is CCOC(=O)/C(=C/[C@@H](C(=O)OCC)[C@@H](O)c1ccc(Br)cc1)N=C(SC)SC. The summed E-state index contributed by atoms with van der Waals surface area (Å²) >= 11 is 6.07. The van der Waals surface area contributed by atoms with Crippen molar-refractivity contribution in [3.63, 3.8) is 0 Å². The summed E-state index contributed by atoms with van der Waals surface area (Å²) in [5.41, 5.74) is 0.467. The second kappa shape index (κ2) is 13.0. The Balaban J connectivity index is 3.41. The molecule has 0 spiro atoms. The lowest BCUT2D eigenvalue weighted by Gasteiger charge is -2.19. The Labute approximate surface area is 182 Å². The molecule has 9 heteroatoms. The van der Waals surface area contributed by atoms with Crippen LogP contribution in [0.4, 0.5) is 0 Å². The highest BCUT2D eigenvalue weighted by Gasteiger charge is 2.30. The maximum atomic E-state index is 12.5. The topological polar surface area (TPSA) is 85.2 Å². The molecule has 28 heavy (non-hydrogen) atoms. The summed E-state index contributed by atoms with van der Waals surface area (Å²) in [6.45, 7) is 3.67. The fraction of sp³-hybridized carbons (Fsp3) is 0.421. The number of hydrogen-bond acceptors (Lipinski definition) is 8. The number of thioether (sulfide) groups is 2. The third-order valence-electron chi connectivity index (χ3n) is 3.49. The van der Waals surface area contributed by atoms with E-state index < -0.39 is 24.0 Å². The van der Waals surface area contributed by atoms with Crippen LogP contribution in [-0.4, -0.2) is 47.1 Å². The average Bonchev–Trinajstić information content (AvgIpc) is 2.68. The van der Waals surface area contributed by atoms with E-state index >= 15 is 0 Å². The van der Waals surface area contributed by atoms with Gasteiger partial charge in [0.2, 0.25) is 0 Å². The first kappa shape index (κ1) is 24.7. The van der Waals surface area contributed by atoms with Crippen molar-refractivity contribution < 1.29 is 24.2 Å². The predicted octanol–water partition coefficient (Wildman–Crippen LogP) is 4.19. The largest absolute Gasteiger partial charge is 0.465 e. The van der Waals surface area contributed by atoms with Gasteiger partial charge in [-0.05, 0) is 50.1 Å². The molecule has 0 saturated heterocycles. The number of nitrogens with zero attached hydrogens (tertiary/aromatic N) is 1. The first-order valence-corrected chi connectivity index (χ1v) is 11.8. The van der Waals surface area contributed by atoms with Crippen LogP contribution < -0.4 is 0 Å². The molecule has 0 radical (unpaired) electrons. The normalized spacial score (nSPS) is 13.4. The number of benzene rings is 1. The predicted molar refractivity (Wildman–Crippen MR) is 118 cm³/mol. The number of hydrogen-bond donors (Lipinski definition) is 1. The van der Waals surface area contributed by atoms with Crippen molar-refractivity contribution >= 4 is 55.8 Å². The van der Waals surface area contributed by atoms with E-state index in [1.54, 1.807) is 38.1 Å². The highest BCUT2D eigenvalue weighted by molar-refractivity contribution is 9.10. The minimum Gasteiger partial charge on any atom is -0.465 e. The van der Waals surface area contributed by atoms with Crippen molar-refractivity contribution in [3.8, 4) is 0 Å². The highest BCUT2D eigenvalue weighted by Crippen LogP contribution is 2.28. The number of carbonyl (C=O) groups excluding carboxylic acids is 2. The fourth-order valence-corrected chi connectivity index (χ4v) is 3.50. The van der Waals surface area contributed by atoms with Gasteiger partial charge in [-0.3, -0.25) is 4.79 Å². The number of esters is 2. The van der Waals surface area contributed by atoms with Crippen LogP contribution in [0.2, 0.25) is 0 Å². The third-order valence-corrected chi connectivity index (χ3v) is 5.90. The minimum absolute atomic E-state index is 0.0465. The summed E-state index contributed by atoms with van der Waals surface area (Å²) in [5, 5.41) is 10.8. The van der Waals surface area contributed by atoms with Crippen molar-refractivity contribution in [2.45, 2.75) is 20.0 Å². The lowest BCUT2D eigenvalue weighted by atomic mass is 9.94. The molecule has 1 N–H and O–H groups in total. The Morgan fingerprint density at radius 2 is 1.71 bits per heavy atom. The number of ether oxygens (including phenoxy) is 2. The van der Waals surface area contributed by atoms with Gasteiger partial charge < -0.3 is 14.6 Å². The molecule has 0 aliphatic carbocycles. The van der Waals surface area contributed by atoms with Crippen LogP contribution in [0.5, 0.6) is 0 Å². The summed E-state index contributed by atoms with van der Waals surface area (Å²) < 4.78 is 11.6. The fourth-order valence-electron chi connectivity index (χ4n) is 2.19. The monoisotopic (exact) mass is 489 g/mol. The van der Waals surface area contributed by atoms with Crippen LogP contribution >= 0.6 is 39.5 Å². The molecule has 0 unspecified atom stereocenters. The Kier molecular flexibility index (Phi) is 11.5. The van der Waals surface area contributed by atoms with Gasteiger partial charge in [0.05, 0.1) is 19.3 Å². The zero-order chi connectivity index (χ0) is 21.1. The van der Waals surface area contributed by atoms with E-state index in [4.69, 9.17) is 9.47 Å². The average molecular weight is 490 g/mol. The molecule has 154 valence electrons. The van der Waals surface area contributed by atoms with Crippen LogP contribution in [0.3, 0.4) is 0 Å². The van der Waals surface area contributed by atoms with Gasteiger partial charge >= 0.3 is 11.9 Å². The van der Waals surface area contributed by atoms with Crippen LogP contribution in [0.25, 0.3) is 0 Å². The Hall–Kier alpha value is -1.29. The standard InChI is InChI=1S/C19H24BrNO5S2/c1-5-25-17(23)14(16(22)12-7-9-13(20)10-8-12)11-15(18(24)26-6-2)21-19(27-3)28-4/h7-11,14,16,22H,5-6H2,1-4H3/b15-11-/t14-,16+/m1/s1. The Bertz CT molecular complexity index is 716. The van der Waals surface area contributed by atoms with E-state index in [1.807, 2.05) is 12.5 Å². The number of rotatable bonds is 8. The van der Waals surface area contributed by atoms with Gasteiger partial charge in [-0.2, -0.15) is 0 Å². The summed E-state index contributed by atoms with van der Waals surface area (Å²) in [7, 11) is 0. The molecule has 0 heterocycles. The molecule has 1 aromatic carbocycles. The molecule has 0 amide bonds. The van der Waals surface area contributed by atoms with Gasteiger partial charge in [-0.15, -0.1) is 23.5 Å². The first-order chi connectivity index (χ1) is 13.4. The zero-order valence-corrected chi connectivity index (χ0v) is 19.4. The van der Waals surface area contributed by atoms with Crippen LogP contribution in [0.15, 0.2) is 45.5 Å². The van der Waals surface area contributed by atoms with Crippen molar-refractivity contribution in [1.82, 2.24) is 0 Å². The Morgan fingerprint density at radius 3 is 2.21 bits per heavy atom. The maximum absolute atomic E-state index is 12.5. The van der Waals surface area contributed by atoms with E-state index in [9.17, 15) is 14.7 Å². The molecular formula is C19H24BrNO5S2. The molecule has 0 aliphatic heterocycles. The van der Waals surface area contributed by atoms with Crippen LogP contribution in [0.1, 0.15) is 25.5 Å². The maximum Gasteiger partial charge on any atom is 0.356 e. The zero-order valence-electron chi connectivity index (χ0n) is 16.2. The summed E-state index contributed by atoms with van der Waals surface area (Å²) in [4.78, 5) is 29.2. The second-order valence-corrected chi connectivity index (χ2v) is 8.10. The highest BCUT2D eigenvalue weighted by atomic mass is 79.9. The molecule has 0 bridgehead atoms. The van der Waals surface area contributed by atoms with Crippen molar-refractivity contribution in [1.29, 1.82) is 0 Å².